The molecule has 158 valence electrons. The molecule has 3 saturated carbocycles. The van der Waals surface area contributed by atoms with Crippen LogP contribution in [0.3, 0.4) is 0 Å². The molecule has 29 heavy (non-hydrogen) atoms. The predicted molar refractivity (Wildman–Crippen MR) is 104 cm³/mol. The van der Waals surface area contributed by atoms with Crippen LogP contribution in [0.4, 0.5) is 13.2 Å². The molecule has 2 heterocycles. The number of aliphatic hydroxyl groups is 1. The summed E-state index contributed by atoms with van der Waals surface area (Å²) in [5.74, 6) is 1.42. The third-order valence-corrected chi connectivity index (χ3v) is 8.15. The molecule has 6 rings (SSSR count). The largest absolute Gasteiger partial charge is 0.416 e. The second-order valence-electron chi connectivity index (χ2n) is 9.96. The number of aromatic nitrogens is 2. The van der Waals surface area contributed by atoms with E-state index in [9.17, 15) is 18.3 Å². The lowest BCUT2D eigenvalue weighted by atomic mass is 9.61. The van der Waals surface area contributed by atoms with Crippen molar-refractivity contribution in [3.8, 4) is 0 Å². The van der Waals surface area contributed by atoms with E-state index in [0.29, 0.717) is 36.7 Å². The van der Waals surface area contributed by atoms with Gasteiger partial charge in [0.1, 0.15) is 0 Å². The number of aliphatic hydroxyl groups excluding tert-OH is 1. The van der Waals surface area contributed by atoms with Crippen molar-refractivity contribution < 1.29 is 18.3 Å². The molecule has 4 atom stereocenters. The first kappa shape index (κ1) is 19.4. The van der Waals surface area contributed by atoms with Gasteiger partial charge in [0.2, 0.25) is 0 Å². The van der Waals surface area contributed by atoms with E-state index in [2.05, 4.69) is 4.98 Å². The van der Waals surface area contributed by atoms with Crippen molar-refractivity contribution in [2.45, 2.75) is 76.6 Å². The molecule has 3 fully saturated rings. The fraction of sp³-hybridized carbons (Fsp3) is 0.696. The number of halogens is 3. The van der Waals surface area contributed by atoms with Crippen LogP contribution in [0.5, 0.6) is 0 Å². The van der Waals surface area contributed by atoms with Gasteiger partial charge in [-0.15, -0.1) is 0 Å². The smallest absolute Gasteiger partial charge is 0.393 e. The second-order valence-corrected chi connectivity index (χ2v) is 9.96. The summed E-state index contributed by atoms with van der Waals surface area (Å²) in [7, 11) is 0. The number of allylic oxidation sites excluding steroid dienone is 4. The molecule has 0 radical (unpaired) electrons. The maximum Gasteiger partial charge on any atom is 0.416 e. The van der Waals surface area contributed by atoms with Crippen LogP contribution in [0.1, 0.15) is 63.6 Å². The number of hydrogen-bond acceptors (Lipinski definition) is 2. The molecule has 4 aliphatic carbocycles. The van der Waals surface area contributed by atoms with E-state index in [1.807, 2.05) is 11.5 Å². The molecule has 0 saturated heterocycles. The Hall–Kier alpha value is -1.56. The fourth-order valence-electron chi connectivity index (χ4n) is 6.78. The van der Waals surface area contributed by atoms with Gasteiger partial charge >= 0.3 is 6.18 Å². The van der Waals surface area contributed by atoms with E-state index in [1.165, 1.54) is 18.9 Å². The van der Waals surface area contributed by atoms with E-state index in [1.54, 1.807) is 18.6 Å². The monoisotopic (exact) mass is 406 g/mol. The standard InChI is InChI=1S/C23H29F3N2O/c1-22-8-2-3-18(23(24,25)26)21(22)19(28-13-27-12-16(28)11-22)10-20(29)17-9-14-4-6-15(17)7-5-14/h2-3,12-15,17,19-20,29H,4-11H2,1H3. The highest BCUT2D eigenvalue weighted by Gasteiger charge is 2.49. The maximum atomic E-state index is 14.0. The molecule has 0 spiro atoms. The zero-order valence-electron chi connectivity index (χ0n) is 16.8. The Bertz CT molecular complexity index is 847. The summed E-state index contributed by atoms with van der Waals surface area (Å²) in [5, 5.41) is 11.2. The number of nitrogens with zero attached hydrogens (tertiary/aromatic N) is 2. The summed E-state index contributed by atoms with van der Waals surface area (Å²) in [5.41, 5.74) is 0.312. The third-order valence-electron chi connectivity index (χ3n) is 8.15. The van der Waals surface area contributed by atoms with Gasteiger partial charge in [0.25, 0.3) is 0 Å². The molecular weight excluding hydrogens is 377 g/mol. The molecule has 1 aliphatic heterocycles. The first-order chi connectivity index (χ1) is 13.8. The van der Waals surface area contributed by atoms with Crippen LogP contribution < -0.4 is 0 Å². The Morgan fingerprint density at radius 3 is 2.69 bits per heavy atom. The zero-order valence-corrected chi connectivity index (χ0v) is 16.8. The van der Waals surface area contributed by atoms with Crippen LogP contribution in [0.25, 0.3) is 0 Å². The Kier molecular flexibility index (Phi) is 4.50. The predicted octanol–water partition coefficient (Wildman–Crippen LogP) is 5.38. The minimum Gasteiger partial charge on any atom is -0.393 e. The van der Waals surface area contributed by atoms with Crippen LogP contribution in [-0.2, 0) is 6.42 Å². The summed E-state index contributed by atoms with van der Waals surface area (Å²) in [4.78, 5) is 4.25. The van der Waals surface area contributed by atoms with Crippen molar-refractivity contribution in [3.05, 3.63) is 41.5 Å². The zero-order chi connectivity index (χ0) is 20.4. The number of rotatable bonds is 3. The molecule has 0 amide bonds. The minimum atomic E-state index is -4.39. The molecule has 2 bridgehead atoms. The third kappa shape index (κ3) is 3.18. The summed E-state index contributed by atoms with van der Waals surface area (Å²) < 4.78 is 43.8. The van der Waals surface area contributed by atoms with E-state index < -0.39 is 29.3 Å². The number of hydrogen-bond donors (Lipinski definition) is 1. The first-order valence-corrected chi connectivity index (χ1v) is 10.9. The summed E-state index contributed by atoms with van der Waals surface area (Å²) in [6.07, 6.45) is 8.69. The van der Waals surface area contributed by atoms with Crippen LogP contribution in [-0.4, -0.2) is 26.9 Å². The van der Waals surface area contributed by atoms with Gasteiger partial charge in [0.05, 0.1) is 24.0 Å². The highest BCUT2D eigenvalue weighted by molar-refractivity contribution is 5.43. The normalized spacial score (nSPS) is 37.4. The van der Waals surface area contributed by atoms with Crippen LogP contribution in [0.15, 0.2) is 35.8 Å². The molecule has 0 aromatic carbocycles. The van der Waals surface area contributed by atoms with E-state index >= 15 is 0 Å². The highest BCUT2D eigenvalue weighted by Crippen LogP contribution is 2.54. The Labute approximate surface area is 169 Å². The highest BCUT2D eigenvalue weighted by atomic mass is 19.4. The van der Waals surface area contributed by atoms with E-state index in [0.717, 1.165) is 25.0 Å². The summed E-state index contributed by atoms with van der Waals surface area (Å²) in [6.45, 7) is 1.94. The van der Waals surface area contributed by atoms with Crippen molar-refractivity contribution in [2.75, 3.05) is 0 Å². The lowest BCUT2D eigenvalue weighted by molar-refractivity contribution is -0.0916. The average molecular weight is 406 g/mol. The van der Waals surface area contributed by atoms with Crippen molar-refractivity contribution in [1.29, 1.82) is 0 Å². The number of alkyl halides is 3. The molecular formula is C23H29F3N2O. The SMILES string of the molecule is CC12CC=CC(C(F)(F)F)=C1C(CC(O)C1CC3CCC1CC3)n1cncc1C2. The lowest BCUT2D eigenvalue weighted by Gasteiger charge is -2.48. The molecule has 1 N–H and O–H groups in total. The Morgan fingerprint density at radius 2 is 2.03 bits per heavy atom. The van der Waals surface area contributed by atoms with Crippen LogP contribution in [0.2, 0.25) is 0 Å². The molecule has 1 aromatic rings. The average Bonchev–Trinajstić information content (AvgIpc) is 3.14. The van der Waals surface area contributed by atoms with Gasteiger partial charge in [0, 0.05) is 17.3 Å². The minimum absolute atomic E-state index is 0.219. The van der Waals surface area contributed by atoms with Gasteiger partial charge in [-0.05, 0) is 61.9 Å². The second kappa shape index (κ2) is 6.73. The van der Waals surface area contributed by atoms with E-state index in [-0.39, 0.29) is 5.92 Å². The van der Waals surface area contributed by atoms with E-state index in [4.69, 9.17) is 0 Å². The van der Waals surface area contributed by atoms with Gasteiger partial charge < -0.3 is 9.67 Å². The van der Waals surface area contributed by atoms with Gasteiger partial charge in [-0.2, -0.15) is 13.2 Å². The maximum absolute atomic E-state index is 14.0. The molecule has 5 aliphatic rings. The summed E-state index contributed by atoms with van der Waals surface area (Å²) >= 11 is 0. The first-order valence-electron chi connectivity index (χ1n) is 10.9. The van der Waals surface area contributed by atoms with Gasteiger partial charge in [-0.3, -0.25) is 0 Å². The Balaban J connectivity index is 1.54. The van der Waals surface area contributed by atoms with Crippen molar-refractivity contribution in [3.63, 3.8) is 0 Å². The quantitative estimate of drug-likeness (QED) is 0.732. The van der Waals surface area contributed by atoms with Gasteiger partial charge in [-0.1, -0.05) is 31.9 Å². The van der Waals surface area contributed by atoms with Crippen molar-refractivity contribution in [2.24, 2.45) is 23.2 Å². The lowest BCUT2D eigenvalue weighted by Crippen LogP contribution is -2.43. The topological polar surface area (TPSA) is 38.0 Å². The summed E-state index contributed by atoms with van der Waals surface area (Å²) in [6, 6.07) is -0.483. The number of imidazole rings is 1. The van der Waals surface area contributed by atoms with Crippen molar-refractivity contribution in [1.82, 2.24) is 9.55 Å². The molecule has 1 aromatic heterocycles. The van der Waals surface area contributed by atoms with Crippen molar-refractivity contribution >= 4 is 0 Å². The fourth-order valence-corrected chi connectivity index (χ4v) is 6.78. The molecule has 3 nitrogen and oxygen atoms in total. The van der Waals surface area contributed by atoms with Gasteiger partial charge in [0.15, 0.2) is 0 Å². The number of fused-ring (bicyclic) bond motifs is 5. The molecule has 4 unspecified atom stereocenters. The van der Waals surface area contributed by atoms with Gasteiger partial charge in [-0.25, -0.2) is 4.98 Å². The van der Waals surface area contributed by atoms with Crippen LogP contribution >= 0.6 is 0 Å². The molecule has 6 heteroatoms. The Morgan fingerprint density at radius 1 is 1.28 bits per heavy atom. The van der Waals surface area contributed by atoms with Crippen LogP contribution in [0, 0.1) is 23.2 Å².